The fourth-order valence-electron chi connectivity index (χ4n) is 3.71. The minimum Gasteiger partial charge on any atom is -0.478 e. The van der Waals surface area contributed by atoms with Crippen LogP contribution in [-0.4, -0.2) is 39.7 Å². The largest absolute Gasteiger partial charge is 0.478 e. The van der Waals surface area contributed by atoms with Crippen molar-refractivity contribution in [3.05, 3.63) is 89.2 Å². The summed E-state index contributed by atoms with van der Waals surface area (Å²) in [5.74, 6) is -1.58. The van der Waals surface area contributed by atoms with Crippen LogP contribution in [0.2, 0.25) is 0 Å². The van der Waals surface area contributed by atoms with E-state index in [0.717, 1.165) is 0 Å². The zero-order valence-electron chi connectivity index (χ0n) is 18.1. The van der Waals surface area contributed by atoms with Crippen molar-refractivity contribution in [2.24, 2.45) is 0 Å². The maximum atomic E-state index is 13.6. The number of tetrazole rings is 1. The molecule has 0 radical (unpaired) electrons. The zero-order valence-corrected chi connectivity index (χ0v) is 18.9. The van der Waals surface area contributed by atoms with Crippen molar-refractivity contribution in [1.29, 1.82) is 5.26 Å². The standard InChI is InChI=1S/C24H19N5O4S/c1-2-17-6-7-19(24(30)31)12-23(17)34(32,33)14-20-11-21(29-15-26-27-28-29)8-9-22(20)18-5-3-4-16(10-18)13-25/h3-12,15H,2,14H2,1H3,(H,30,31). The lowest BCUT2D eigenvalue weighted by molar-refractivity contribution is 0.0696. The molecule has 0 bridgehead atoms. The molecule has 9 nitrogen and oxygen atoms in total. The molecule has 10 heteroatoms. The summed E-state index contributed by atoms with van der Waals surface area (Å²) in [4.78, 5) is 11.5. The van der Waals surface area contributed by atoms with Crippen molar-refractivity contribution in [3.8, 4) is 22.9 Å². The number of sulfone groups is 1. The van der Waals surface area contributed by atoms with Gasteiger partial charge in [-0.25, -0.2) is 17.9 Å². The van der Waals surface area contributed by atoms with Gasteiger partial charge in [-0.3, -0.25) is 0 Å². The number of aromatic nitrogens is 4. The van der Waals surface area contributed by atoms with Crippen LogP contribution < -0.4 is 0 Å². The molecular weight excluding hydrogens is 454 g/mol. The Bertz CT molecular complexity index is 1520. The van der Waals surface area contributed by atoms with E-state index in [1.807, 2.05) is 6.92 Å². The van der Waals surface area contributed by atoms with Gasteiger partial charge in [0, 0.05) is 0 Å². The molecule has 0 fully saturated rings. The molecule has 0 aliphatic heterocycles. The second kappa shape index (κ2) is 9.25. The molecule has 34 heavy (non-hydrogen) atoms. The summed E-state index contributed by atoms with van der Waals surface area (Å²) in [5, 5.41) is 29.8. The van der Waals surface area contributed by atoms with Crippen LogP contribution in [0.15, 0.2) is 71.9 Å². The van der Waals surface area contributed by atoms with Crippen molar-refractivity contribution in [2.45, 2.75) is 24.0 Å². The van der Waals surface area contributed by atoms with E-state index < -0.39 is 15.8 Å². The van der Waals surface area contributed by atoms with Crippen LogP contribution in [0.3, 0.4) is 0 Å². The molecule has 0 saturated carbocycles. The molecular formula is C24H19N5O4S. The van der Waals surface area contributed by atoms with E-state index in [0.29, 0.717) is 39.9 Å². The van der Waals surface area contributed by atoms with Crippen molar-refractivity contribution >= 4 is 15.8 Å². The highest BCUT2D eigenvalue weighted by atomic mass is 32.2. The number of hydrogen-bond donors (Lipinski definition) is 1. The molecule has 0 aliphatic rings. The molecule has 1 aromatic heterocycles. The molecule has 1 heterocycles. The SMILES string of the molecule is CCc1ccc(C(=O)O)cc1S(=O)(=O)Cc1cc(-n2cnnn2)ccc1-c1cccc(C#N)c1. The number of hydrogen-bond acceptors (Lipinski definition) is 7. The lowest BCUT2D eigenvalue weighted by Gasteiger charge is -2.15. The summed E-state index contributed by atoms with van der Waals surface area (Å²) in [6.45, 7) is 1.81. The molecule has 170 valence electrons. The summed E-state index contributed by atoms with van der Waals surface area (Å²) in [7, 11) is -3.93. The van der Waals surface area contributed by atoms with Gasteiger partial charge in [0.05, 0.1) is 33.5 Å². The first kappa shape index (κ1) is 22.8. The Labute approximate surface area is 195 Å². The van der Waals surface area contributed by atoms with Gasteiger partial charge < -0.3 is 5.11 Å². The zero-order chi connectivity index (χ0) is 24.3. The number of carboxylic acids is 1. The Balaban J connectivity index is 1.87. The molecule has 0 saturated heterocycles. The van der Waals surface area contributed by atoms with Crippen LogP contribution in [0.1, 0.15) is 34.0 Å². The first-order chi connectivity index (χ1) is 16.3. The van der Waals surface area contributed by atoms with Gasteiger partial charge >= 0.3 is 5.97 Å². The average Bonchev–Trinajstić information content (AvgIpc) is 3.38. The summed E-state index contributed by atoms with van der Waals surface area (Å²) in [6.07, 6.45) is 1.82. The predicted molar refractivity (Wildman–Crippen MR) is 123 cm³/mol. The quantitative estimate of drug-likeness (QED) is 0.431. The molecule has 0 atom stereocenters. The highest BCUT2D eigenvalue weighted by Crippen LogP contribution is 2.31. The number of rotatable bonds is 7. The molecule has 0 unspecified atom stereocenters. The van der Waals surface area contributed by atoms with E-state index in [1.165, 1.54) is 29.2 Å². The van der Waals surface area contributed by atoms with Crippen LogP contribution in [0.4, 0.5) is 0 Å². The molecule has 0 amide bonds. The Hall–Kier alpha value is -4.36. The van der Waals surface area contributed by atoms with Gasteiger partial charge in [0.15, 0.2) is 9.84 Å². The Kier molecular flexibility index (Phi) is 6.21. The number of nitrogens with zero attached hydrogens (tertiary/aromatic N) is 5. The van der Waals surface area contributed by atoms with E-state index in [4.69, 9.17) is 0 Å². The lowest BCUT2D eigenvalue weighted by Crippen LogP contribution is -2.11. The number of carbonyl (C=O) groups is 1. The van der Waals surface area contributed by atoms with Gasteiger partial charge in [0.25, 0.3) is 0 Å². The minimum absolute atomic E-state index is 0.0144. The van der Waals surface area contributed by atoms with Crippen LogP contribution >= 0.6 is 0 Å². The maximum Gasteiger partial charge on any atom is 0.335 e. The number of aromatic carboxylic acids is 1. The van der Waals surface area contributed by atoms with Crippen LogP contribution in [-0.2, 0) is 22.0 Å². The molecule has 1 N–H and O–H groups in total. The van der Waals surface area contributed by atoms with Crippen molar-refractivity contribution < 1.29 is 18.3 Å². The normalized spacial score (nSPS) is 11.2. The number of nitriles is 1. The molecule has 3 aromatic carbocycles. The van der Waals surface area contributed by atoms with E-state index in [9.17, 15) is 23.6 Å². The van der Waals surface area contributed by atoms with Crippen LogP contribution in [0.25, 0.3) is 16.8 Å². The second-order valence-electron chi connectivity index (χ2n) is 7.53. The topological polar surface area (TPSA) is 139 Å². The highest BCUT2D eigenvalue weighted by Gasteiger charge is 2.23. The average molecular weight is 474 g/mol. The number of aryl methyl sites for hydroxylation is 1. The Morgan fingerprint density at radius 1 is 1.09 bits per heavy atom. The van der Waals surface area contributed by atoms with Crippen molar-refractivity contribution in [3.63, 3.8) is 0 Å². The van der Waals surface area contributed by atoms with E-state index in [2.05, 4.69) is 21.6 Å². The third-order valence-corrected chi connectivity index (χ3v) is 7.12. The third kappa shape index (κ3) is 4.55. The Morgan fingerprint density at radius 3 is 2.59 bits per heavy atom. The summed E-state index contributed by atoms with van der Waals surface area (Å²) in [6, 6.07) is 18.3. The monoisotopic (exact) mass is 473 g/mol. The van der Waals surface area contributed by atoms with Gasteiger partial charge in [0.2, 0.25) is 0 Å². The summed E-state index contributed by atoms with van der Waals surface area (Å²) in [5.41, 5.74) is 3.22. The van der Waals surface area contributed by atoms with Gasteiger partial charge in [-0.2, -0.15) is 5.26 Å². The first-order valence-electron chi connectivity index (χ1n) is 10.3. The molecule has 0 aliphatic carbocycles. The summed E-state index contributed by atoms with van der Waals surface area (Å²) >= 11 is 0. The van der Waals surface area contributed by atoms with Crippen LogP contribution in [0, 0.1) is 11.3 Å². The number of carboxylic acid groups (broad SMARTS) is 1. The fraction of sp³-hybridized carbons (Fsp3) is 0.125. The lowest BCUT2D eigenvalue weighted by atomic mass is 9.98. The highest BCUT2D eigenvalue weighted by molar-refractivity contribution is 7.90. The van der Waals surface area contributed by atoms with Crippen molar-refractivity contribution in [2.75, 3.05) is 0 Å². The van der Waals surface area contributed by atoms with E-state index >= 15 is 0 Å². The number of benzene rings is 3. The third-order valence-electron chi connectivity index (χ3n) is 5.38. The first-order valence-corrected chi connectivity index (χ1v) is 11.9. The second-order valence-corrected chi connectivity index (χ2v) is 9.49. The van der Waals surface area contributed by atoms with E-state index in [1.54, 1.807) is 42.5 Å². The van der Waals surface area contributed by atoms with Gasteiger partial charge in [0.1, 0.15) is 6.33 Å². The summed E-state index contributed by atoms with van der Waals surface area (Å²) < 4.78 is 28.5. The van der Waals surface area contributed by atoms with Gasteiger partial charge in [-0.1, -0.05) is 31.2 Å². The smallest absolute Gasteiger partial charge is 0.335 e. The molecule has 4 rings (SSSR count). The van der Waals surface area contributed by atoms with Gasteiger partial charge in [-0.05, 0) is 75.5 Å². The minimum atomic E-state index is -3.93. The molecule has 4 aromatic rings. The van der Waals surface area contributed by atoms with Crippen LogP contribution in [0.5, 0.6) is 0 Å². The maximum absolute atomic E-state index is 13.6. The van der Waals surface area contributed by atoms with Gasteiger partial charge in [-0.15, -0.1) is 5.10 Å². The Morgan fingerprint density at radius 2 is 1.91 bits per heavy atom. The molecule has 0 spiro atoms. The predicted octanol–water partition coefficient (Wildman–Crippen LogP) is 3.44. The van der Waals surface area contributed by atoms with E-state index in [-0.39, 0.29) is 16.2 Å². The van der Waals surface area contributed by atoms with Crippen molar-refractivity contribution in [1.82, 2.24) is 20.2 Å². The fourth-order valence-corrected chi connectivity index (χ4v) is 5.43.